The number of nitrogens with one attached hydrogen (secondary N) is 1. The molecule has 0 amide bonds. The standard InChI is InChI=1S/C14H19ClFN3.HI/c1-17-14(18-8-10-6-7-10)19(2)9-11-12(15)4-3-5-13(11)16;/h3-5,10H,6-9H2,1-2H3,(H,17,18);1H. The highest BCUT2D eigenvalue weighted by Crippen LogP contribution is 2.27. The van der Waals surface area contributed by atoms with Crippen LogP contribution in [0, 0.1) is 11.7 Å². The van der Waals surface area contributed by atoms with E-state index in [-0.39, 0.29) is 29.8 Å². The van der Waals surface area contributed by atoms with Gasteiger partial charge in [0.15, 0.2) is 5.96 Å². The molecule has 0 heterocycles. The summed E-state index contributed by atoms with van der Waals surface area (Å²) in [7, 11) is 3.61. The fraction of sp³-hybridized carbons (Fsp3) is 0.500. The number of benzene rings is 1. The van der Waals surface area contributed by atoms with Crippen LogP contribution >= 0.6 is 35.6 Å². The predicted molar refractivity (Wildman–Crippen MR) is 92.4 cm³/mol. The quantitative estimate of drug-likeness (QED) is 0.466. The van der Waals surface area contributed by atoms with Gasteiger partial charge in [0, 0.05) is 37.8 Å². The van der Waals surface area contributed by atoms with Crippen molar-refractivity contribution in [3.05, 3.63) is 34.6 Å². The van der Waals surface area contributed by atoms with Gasteiger partial charge in [0.05, 0.1) is 0 Å². The summed E-state index contributed by atoms with van der Waals surface area (Å²) in [5, 5.41) is 3.75. The maximum absolute atomic E-state index is 13.7. The molecule has 1 fully saturated rings. The molecule has 1 aliphatic carbocycles. The minimum Gasteiger partial charge on any atom is -0.356 e. The van der Waals surface area contributed by atoms with Crippen LogP contribution in [0.4, 0.5) is 4.39 Å². The molecule has 20 heavy (non-hydrogen) atoms. The summed E-state index contributed by atoms with van der Waals surface area (Å²) in [4.78, 5) is 6.09. The topological polar surface area (TPSA) is 27.6 Å². The Morgan fingerprint density at radius 1 is 1.50 bits per heavy atom. The molecule has 0 spiro atoms. The first-order valence-electron chi connectivity index (χ1n) is 6.46. The smallest absolute Gasteiger partial charge is 0.193 e. The Morgan fingerprint density at radius 3 is 2.75 bits per heavy atom. The molecule has 1 N–H and O–H groups in total. The molecule has 3 nitrogen and oxygen atoms in total. The lowest BCUT2D eigenvalue weighted by atomic mass is 10.2. The van der Waals surface area contributed by atoms with Gasteiger partial charge < -0.3 is 10.2 Å². The second kappa shape index (κ2) is 8.02. The van der Waals surface area contributed by atoms with E-state index >= 15 is 0 Å². The van der Waals surface area contributed by atoms with Gasteiger partial charge >= 0.3 is 0 Å². The average Bonchev–Trinajstić information content (AvgIpc) is 3.19. The molecule has 1 aromatic carbocycles. The van der Waals surface area contributed by atoms with Crippen LogP contribution in [0.25, 0.3) is 0 Å². The van der Waals surface area contributed by atoms with Gasteiger partial charge in [-0.2, -0.15) is 0 Å². The first kappa shape index (κ1) is 17.5. The van der Waals surface area contributed by atoms with Gasteiger partial charge in [-0.15, -0.1) is 24.0 Å². The van der Waals surface area contributed by atoms with Gasteiger partial charge in [-0.25, -0.2) is 4.39 Å². The normalized spacial score (nSPS) is 14.7. The van der Waals surface area contributed by atoms with Gasteiger partial charge in [-0.3, -0.25) is 4.99 Å². The van der Waals surface area contributed by atoms with E-state index in [2.05, 4.69) is 10.3 Å². The number of guanidine groups is 1. The highest BCUT2D eigenvalue weighted by molar-refractivity contribution is 14.0. The fourth-order valence-electron chi connectivity index (χ4n) is 1.94. The molecule has 2 rings (SSSR count). The number of rotatable bonds is 4. The number of hydrogen-bond acceptors (Lipinski definition) is 1. The fourth-order valence-corrected chi connectivity index (χ4v) is 2.16. The molecule has 0 atom stereocenters. The highest BCUT2D eigenvalue weighted by atomic mass is 127. The summed E-state index contributed by atoms with van der Waals surface area (Å²) in [6.07, 6.45) is 2.57. The molecule has 0 bridgehead atoms. The van der Waals surface area contributed by atoms with E-state index in [4.69, 9.17) is 11.6 Å². The number of hydrogen-bond donors (Lipinski definition) is 1. The Morgan fingerprint density at radius 2 is 2.20 bits per heavy atom. The molecule has 0 unspecified atom stereocenters. The molecule has 1 saturated carbocycles. The van der Waals surface area contributed by atoms with Crippen molar-refractivity contribution in [3.8, 4) is 0 Å². The lowest BCUT2D eigenvalue weighted by molar-refractivity contribution is 0.459. The van der Waals surface area contributed by atoms with Crippen molar-refractivity contribution in [3.63, 3.8) is 0 Å². The van der Waals surface area contributed by atoms with Crippen LogP contribution in [0.15, 0.2) is 23.2 Å². The second-order valence-corrected chi connectivity index (χ2v) is 5.33. The molecule has 0 saturated heterocycles. The minimum atomic E-state index is -0.281. The number of aliphatic imine (C=N–C) groups is 1. The summed E-state index contributed by atoms with van der Waals surface area (Å²) < 4.78 is 13.7. The summed E-state index contributed by atoms with van der Waals surface area (Å²) in [5.74, 6) is 1.26. The molecule has 112 valence electrons. The molecular formula is C14H20ClFIN3. The zero-order valence-electron chi connectivity index (χ0n) is 11.7. The van der Waals surface area contributed by atoms with E-state index < -0.39 is 0 Å². The Hall–Kier alpha value is -0.560. The van der Waals surface area contributed by atoms with Crippen LogP contribution in [-0.4, -0.2) is 31.5 Å². The Balaban J connectivity index is 0.00000200. The molecule has 1 aromatic rings. The first-order valence-corrected chi connectivity index (χ1v) is 6.84. The largest absolute Gasteiger partial charge is 0.356 e. The zero-order valence-corrected chi connectivity index (χ0v) is 14.8. The van der Waals surface area contributed by atoms with Crippen LogP contribution < -0.4 is 5.32 Å². The van der Waals surface area contributed by atoms with Crippen molar-refractivity contribution in [2.24, 2.45) is 10.9 Å². The highest BCUT2D eigenvalue weighted by Gasteiger charge is 2.22. The molecule has 0 aliphatic heterocycles. The van der Waals surface area contributed by atoms with Gasteiger partial charge in [0.25, 0.3) is 0 Å². The Kier molecular flexibility index (Phi) is 7.02. The zero-order chi connectivity index (χ0) is 13.8. The van der Waals surface area contributed by atoms with Crippen molar-refractivity contribution in [1.82, 2.24) is 10.2 Å². The SMILES string of the molecule is CN=C(NCC1CC1)N(C)Cc1c(F)cccc1Cl.I. The Bertz CT molecular complexity index is 457. The molecule has 6 heteroatoms. The van der Waals surface area contributed by atoms with Crippen molar-refractivity contribution >= 4 is 41.5 Å². The third-order valence-electron chi connectivity index (χ3n) is 3.28. The summed E-state index contributed by atoms with van der Waals surface area (Å²) in [5.41, 5.74) is 0.501. The Labute approximate surface area is 141 Å². The van der Waals surface area contributed by atoms with E-state index in [1.54, 1.807) is 19.2 Å². The maximum atomic E-state index is 13.7. The molecule has 0 aromatic heterocycles. The van der Waals surface area contributed by atoms with Gasteiger partial charge in [-0.1, -0.05) is 17.7 Å². The van der Waals surface area contributed by atoms with Crippen LogP contribution in [0.5, 0.6) is 0 Å². The van der Waals surface area contributed by atoms with Crippen LogP contribution in [-0.2, 0) is 6.54 Å². The number of halogens is 3. The van der Waals surface area contributed by atoms with Crippen LogP contribution in [0.3, 0.4) is 0 Å². The van der Waals surface area contributed by atoms with Crippen molar-refractivity contribution in [2.45, 2.75) is 19.4 Å². The van der Waals surface area contributed by atoms with Crippen molar-refractivity contribution < 1.29 is 4.39 Å². The molecular weight excluding hydrogens is 392 g/mol. The summed E-state index contributed by atoms with van der Waals surface area (Å²) in [6, 6.07) is 4.74. The van der Waals surface area contributed by atoms with E-state index in [0.29, 0.717) is 17.1 Å². The van der Waals surface area contributed by atoms with Crippen LogP contribution in [0.1, 0.15) is 18.4 Å². The summed E-state index contributed by atoms with van der Waals surface area (Å²) in [6.45, 7) is 1.33. The van der Waals surface area contributed by atoms with Gasteiger partial charge in [0.2, 0.25) is 0 Å². The third kappa shape index (κ3) is 4.77. The average molecular weight is 412 g/mol. The summed E-state index contributed by atoms with van der Waals surface area (Å²) >= 11 is 6.03. The minimum absolute atomic E-state index is 0. The van der Waals surface area contributed by atoms with Gasteiger partial charge in [0.1, 0.15) is 5.82 Å². The third-order valence-corrected chi connectivity index (χ3v) is 3.63. The monoisotopic (exact) mass is 411 g/mol. The van der Waals surface area contributed by atoms with Gasteiger partial charge in [-0.05, 0) is 30.9 Å². The molecule has 1 aliphatic rings. The lowest BCUT2D eigenvalue weighted by Crippen LogP contribution is -2.39. The number of nitrogens with zero attached hydrogens (tertiary/aromatic N) is 2. The first-order chi connectivity index (χ1) is 9.11. The predicted octanol–water partition coefficient (Wildman–Crippen LogP) is 3.51. The van der Waals surface area contributed by atoms with E-state index in [9.17, 15) is 4.39 Å². The van der Waals surface area contributed by atoms with E-state index in [1.807, 2.05) is 11.9 Å². The lowest BCUT2D eigenvalue weighted by Gasteiger charge is -2.22. The van der Waals surface area contributed by atoms with Crippen molar-refractivity contribution in [2.75, 3.05) is 20.6 Å². The molecule has 0 radical (unpaired) electrons. The van der Waals surface area contributed by atoms with E-state index in [0.717, 1.165) is 18.4 Å². The second-order valence-electron chi connectivity index (χ2n) is 4.93. The van der Waals surface area contributed by atoms with Crippen molar-refractivity contribution in [1.29, 1.82) is 0 Å². The van der Waals surface area contributed by atoms with Crippen LogP contribution in [0.2, 0.25) is 5.02 Å². The maximum Gasteiger partial charge on any atom is 0.193 e. The van der Waals surface area contributed by atoms with E-state index in [1.165, 1.54) is 18.9 Å².